The second-order valence-electron chi connectivity index (χ2n) is 5.98. The van der Waals surface area contributed by atoms with Crippen LogP contribution in [0.2, 0.25) is 5.02 Å². The van der Waals surface area contributed by atoms with Gasteiger partial charge < -0.3 is 15.4 Å². The normalized spacial score (nSPS) is 15.9. The number of halogens is 1. The van der Waals surface area contributed by atoms with Crippen LogP contribution in [0.5, 0.6) is 5.75 Å². The van der Waals surface area contributed by atoms with Crippen LogP contribution in [0, 0.1) is 5.92 Å². The van der Waals surface area contributed by atoms with Gasteiger partial charge in [0.25, 0.3) is 0 Å². The summed E-state index contributed by atoms with van der Waals surface area (Å²) in [5, 5.41) is 6.21. The summed E-state index contributed by atoms with van der Waals surface area (Å²) in [5.74, 6) is 0.128. The van der Waals surface area contributed by atoms with Crippen molar-refractivity contribution >= 4 is 34.8 Å². The molecule has 0 fully saturated rings. The van der Waals surface area contributed by atoms with Gasteiger partial charge in [-0.05, 0) is 42.7 Å². The number of rotatable bonds is 5. The van der Waals surface area contributed by atoms with E-state index in [4.69, 9.17) is 16.3 Å². The fraction of sp³-hybridized carbons (Fsp3) is 0.263. The Morgan fingerprint density at radius 2 is 2.12 bits per heavy atom. The number of amides is 2. The molecule has 25 heavy (non-hydrogen) atoms. The number of anilines is 2. The number of para-hydroxylation sites is 1. The van der Waals surface area contributed by atoms with Gasteiger partial charge in [0.1, 0.15) is 5.75 Å². The van der Waals surface area contributed by atoms with Gasteiger partial charge in [-0.3, -0.25) is 9.59 Å². The molecule has 0 aromatic heterocycles. The first-order valence-electron chi connectivity index (χ1n) is 8.09. The Morgan fingerprint density at radius 3 is 2.92 bits per heavy atom. The lowest BCUT2D eigenvalue weighted by Crippen LogP contribution is -2.30. The SMILES string of the molecule is COc1ccc(Cl)cc1NC(=O)CC[C@H]1Cc2ccccc2NC1=O. The predicted molar refractivity (Wildman–Crippen MR) is 98.1 cm³/mol. The number of methoxy groups -OCH3 is 1. The molecule has 1 atom stereocenters. The van der Waals surface area contributed by atoms with Crippen LogP contribution in [-0.2, 0) is 16.0 Å². The zero-order valence-electron chi connectivity index (χ0n) is 13.8. The van der Waals surface area contributed by atoms with Crippen molar-refractivity contribution in [3.8, 4) is 5.75 Å². The highest BCUT2D eigenvalue weighted by molar-refractivity contribution is 6.31. The van der Waals surface area contributed by atoms with Crippen molar-refractivity contribution in [3.05, 3.63) is 53.1 Å². The topological polar surface area (TPSA) is 67.4 Å². The Kier molecular flexibility index (Phi) is 5.24. The average molecular weight is 359 g/mol. The number of benzene rings is 2. The first-order chi connectivity index (χ1) is 12.1. The maximum absolute atomic E-state index is 12.2. The van der Waals surface area contributed by atoms with E-state index in [-0.39, 0.29) is 24.2 Å². The summed E-state index contributed by atoms with van der Waals surface area (Å²) in [6, 6.07) is 12.8. The molecule has 0 unspecified atom stereocenters. The van der Waals surface area contributed by atoms with E-state index in [9.17, 15) is 9.59 Å². The van der Waals surface area contributed by atoms with Crippen molar-refractivity contribution in [2.45, 2.75) is 19.3 Å². The van der Waals surface area contributed by atoms with Gasteiger partial charge in [-0.2, -0.15) is 0 Å². The van der Waals surface area contributed by atoms with E-state index in [0.717, 1.165) is 11.3 Å². The molecule has 0 radical (unpaired) electrons. The van der Waals surface area contributed by atoms with Crippen molar-refractivity contribution < 1.29 is 14.3 Å². The number of nitrogens with one attached hydrogen (secondary N) is 2. The molecule has 0 bridgehead atoms. The van der Waals surface area contributed by atoms with Gasteiger partial charge >= 0.3 is 0 Å². The molecular weight excluding hydrogens is 340 g/mol. The predicted octanol–water partition coefficient (Wildman–Crippen LogP) is 3.88. The van der Waals surface area contributed by atoms with Crippen LogP contribution in [0.15, 0.2) is 42.5 Å². The molecule has 0 saturated carbocycles. The molecule has 2 amide bonds. The highest BCUT2D eigenvalue weighted by Crippen LogP contribution is 2.29. The first-order valence-corrected chi connectivity index (χ1v) is 8.47. The van der Waals surface area contributed by atoms with Gasteiger partial charge in [0.05, 0.1) is 12.8 Å². The zero-order chi connectivity index (χ0) is 17.8. The molecule has 1 aliphatic heterocycles. The Bertz CT molecular complexity index is 807. The Labute approximate surface area is 151 Å². The minimum absolute atomic E-state index is 0.0353. The van der Waals surface area contributed by atoms with Crippen LogP contribution < -0.4 is 15.4 Å². The van der Waals surface area contributed by atoms with Crippen molar-refractivity contribution in [1.29, 1.82) is 0 Å². The lowest BCUT2D eigenvalue weighted by atomic mass is 9.89. The largest absolute Gasteiger partial charge is 0.495 e. The van der Waals surface area contributed by atoms with Crippen molar-refractivity contribution in [1.82, 2.24) is 0 Å². The smallest absolute Gasteiger partial charge is 0.227 e. The van der Waals surface area contributed by atoms with Gasteiger partial charge in [-0.25, -0.2) is 0 Å². The Balaban J connectivity index is 1.60. The fourth-order valence-corrected chi connectivity index (χ4v) is 3.11. The van der Waals surface area contributed by atoms with E-state index in [0.29, 0.717) is 29.3 Å². The van der Waals surface area contributed by atoms with Crippen LogP contribution >= 0.6 is 11.6 Å². The molecule has 1 heterocycles. The van der Waals surface area contributed by atoms with Crippen LogP contribution in [0.1, 0.15) is 18.4 Å². The number of fused-ring (bicyclic) bond motifs is 1. The lowest BCUT2D eigenvalue weighted by molar-refractivity contribution is -0.121. The Morgan fingerprint density at radius 1 is 1.32 bits per heavy atom. The molecular formula is C19H19ClN2O3. The van der Waals surface area contributed by atoms with Crippen LogP contribution in [-0.4, -0.2) is 18.9 Å². The molecule has 2 N–H and O–H groups in total. The van der Waals surface area contributed by atoms with E-state index >= 15 is 0 Å². The maximum atomic E-state index is 12.2. The van der Waals surface area contributed by atoms with Crippen molar-refractivity contribution in [3.63, 3.8) is 0 Å². The third-order valence-corrected chi connectivity index (χ3v) is 4.50. The van der Waals surface area contributed by atoms with Crippen LogP contribution in [0.4, 0.5) is 11.4 Å². The summed E-state index contributed by atoms with van der Waals surface area (Å²) in [4.78, 5) is 24.4. The quantitative estimate of drug-likeness (QED) is 0.852. The van der Waals surface area contributed by atoms with Gasteiger partial charge in [0.2, 0.25) is 11.8 Å². The summed E-state index contributed by atoms with van der Waals surface area (Å²) in [6.07, 6.45) is 1.38. The van der Waals surface area contributed by atoms with Gasteiger partial charge in [0, 0.05) is 23.0 Å². The molecule has 5 nitrogen and oxygen atoms in total. The third-order valence-electron chi connectivity index (χ3n) is 4.27. The molecule has 130 valence electrons. The van der Waals surface area contributed by atoms with Crippen molar-refractivity contribution in [2.24, 2.45) is 5.92 Å². The van der Waals surface area contributed by atoms with Crippen molar-refractivity contribution in [2.75, 3.05) is 17.7 Å². The fourth-order valence-electron chi connectivity index (χ4n) is 2.94. The molecule has 2 aromatic rings. The van der Waals surface area contributed by atoms with E-state index in [2.05, 4.69) is 10.6 Å². The van der Waals surface area contributed by atoms with Crippen LogP contribution in [0.3, 0.4) is 0 Å². The molecule has 1 aliphatic rings. The molecule has 0 spiro atoms. The summed E-state index contributed by atoms with van der Waals surface area (Å²) in [6.45, 7) is 0. The molecule has 3 rings (SSSR count). The van der Waals surface area contributed by atoms with E-state index in [1.54, 1.807) is 18.2 Å². The second-order valence-corrected chi connectivity index (χ2v) is 6.42. The highest BCUT2D eigenvalue weighted by atomic mass is 35.5. The molecule has 6 heteroatoms. The Hall–Kier alpha value is -2.53. The van der Waals surface area contributed by atoms with Gasteiger partial charge in [0.15, 0.2) is 0 Å². The number of hydrogen-bond donors (Lipinski definition) is 2. The maximum Gasteiger partial charge on any atom is 0.227 e. The van der Waals surface area contributed by atoms with E-state index in [1.807, 2.05) is 24.3 Å². The standard InChI is InChI=1S/C19H19ClN2O3/c1-25-17-8-7-14(20)11-16(17)21-18(23)9-6-13-10-12-4-2-3-5-15(12)22-19(13)24/h2-5,7-8,11,13H,6,9-10H2,1H3,(H,21,23)(H,22,24)/t13-/m0/s1. The van der Waals surface area contributed by atoms with Crippen LogP contribution in [0.25, 0.3) is 0 Å². The monoisotopic (exact) mass is 358 g/mol. The van der Waals surface area contributed by atoms with E-state index < -0.39 is 0 Å². The second kappa shape index (κ2) is 7.57. The number of carbonyl (C=O) groups excluding carboxylic acids is 2. The molecule has 0 saturated heterocycles. The minimum Gasteiger partial charge on any atom is -0.495 e. The van der Waals surface area contributed by atoms with E-state index in [1.165, 1.54) is 7.11 Å². The summed E-state index contributed by atoms with van der Waals surface area (Å²) >= 11 is 5.96. The molecule has 2 aromatic carbocycles. The summed E-state index contributed by atoms with van der Waals surface area (Å²) in [5.41, 5.74) is 2.49. The lowest BCUT2D eigenvalue weighted by Gasteiger charge is -2.24. The summed E-state index contributed by atoms with van der Waals surface area (Å²) in [7, 11) is 1.53. The summed E-state index contributed by atoms with van der Waals surface area (Å²) < 4.78 is 5.21. The number of ether oxygens (including phenoxy) is 1. The number of hydrogen-bond acceptors (Lipinski definition) is 3. The third kappa shape index (κ3) is 4.12. The minimum atomic E-state index is -0.207. The molecule has 0 aliphatic carbocycles. The first kappa shape index (κ1) is 17.3. The highest BCUT2D eigenvalue weighted by Gasteiger charge is 2.26. The van der Waals surface area contributed by atoms with Gasteiger partial charge in [-0.1, -0.05) is 29.8 Å². The average Bonchev–Trinajstić information content (AvgIpc) is 2.60. The zero-order valence-corrected chi connectivity index (χ0v) is 14.6. The van der Waals surface area contributed by atoms with Gasteiger partial charge in [-0.15, -0.1) is 0 Å². The number of carbonyl (C=O) groups is 2.